The third-order valence-electron chi connectivity index (χ3n) is 10.3. The first-order valence-electron chi connectivity index (χ1n) is 13.2. The van der Waals surface area contributed by atoms with Crippen molar-refractivity contribution in [3.05, 3.63) is 11.1 Å². The van der Waals surface area contributed by atoms with Crippen molar-refractivity contribution in [1.82, 2.24) is 5.32 Å². The molecular formula is C27H41Ac2NO10. The van der Waals surface area contributed by atoms with Crippen LogP contribution in [0.25, 0.3) is 0 Å². The van der Waals surface area contributed by atoms with Gasteiger partial charge in [0.1, 0.15) is 17.8 Å². The summed E-state index contributed by atoms with van der Waals surface area (Å²) in [6.07, 6.45) is -6.65. The van der Waals surface area contributed by atoms with E-state index in [1.54, 1.807) is 27.7 Å². The van der Waals surface area contributed by atoms with Crippen LogP contribution >= 0.6 is 0 Å². The van der Waals surface area contributed by atoms with E-state index in [-0.39, 0.29) is 113 Å². The number of Topliss-reactive ketones (excluding diaryl/α,β-unsaturated/α-hetero) is 1. The van der Waals surface area contributed by atoms with Gasteiger partial charge in [-0.1, -0.05) is 20.8 Å². The van der Waals surface area contributed by atoms with Crippen molar-refractivity contribution >= 4 is 17.7 Å². The van der Waals surface area contributed by atoms with Gasteiger partial charge in [-0.05, 0) is 37.8 Å². The Bertz CT molecular complexity index is 1080. The molecule has 13 heteroatoms. The Hall–Kier alpha value is 0.993. The average Bonchev–Trinajstić information content (AvgIpc) is 2.81. The van der Waals surface area contributed by atoms with E-state index in [2.05, 4.69) is 5.32 Å². The molecule has 1 aliphatic heterocycles. The SMILES string of the molecule is CC(=O)N[C@@H](C)[C@@H](O)C(=O)O[C@H]1C[C@@]2(O)[C@@H](C)[C@@H]3[C@]4(O)CO[C@@H]4C[C@H](O)[C@@]3(C)C(=O)[C@H](O)C(=C1C)C2(C)C.[Ac].[Ac]. The zero-order valence-electron chi connectivity index (χ0n) is 24.2. The van der Waals surface area contributed by atoms with Crippen LogP contribution in [0.5, 0.6) is 0 Å². The molecule has 11 nitrogen and oxygen atoms in total. The van der Waals surface area contributed by atoms with Crippen LogP contribution in [-0.4, -0.2) is 97.6 Å². The molecule has 0 aromatic carbocycles. The van der Waals surface area contributed by atoms with Gasteiger partial charge >= 0.3 is 5.97 Å². The number of ether oxygens (including phenoxy) is 2. The molecule has 11 atom stereocenters. The molecular weight excluding hydrogens is 952 g/mol. The number of carbonyl (C=O) groups excluding carboxylic acids is 3. The summed E-state index contributed by atoms with van der Waals surface area (Å²) < 4.78 is 11.2. The first kappa shape index (κ1) is 37.2. The van der Waals surface area contributed by atoms with Gasteiger partial charge in [0.25, 0.3) is 0 Å². The monoisotopic (exact) mass is 993 g/mol. The molecule has 0 aromatic rings. The summed E-state index contributed by atoms with van der Waals surface area (Å²) in [5, 5.41) is 59.7. The molecule has 4 rings (SSSR count). The number of carbonyl (C=O) groups is 3. The van der Waals surface area contributed by atoms with Crippen molar-refractivity contribution in [2.45, 2.75) is 109 Å². The van der Waals surface area contributed by atoms with Crippen molar-refractivity contribution in [2.24, 2.45) is 22.7 Å². The van der Waals surface area contributed by atoms with Crippen LogP contribution in [0.3, 0.4) is 0 Å². The molecule has 3 fully saturated rings. The zero-order chi connectivity index (χ0) is 28.7. The van der Waals surface area contributed by atoms with E-state index in [0.29, 0.717) is 5.57 Å². The minimum absolute atomic E-state index is 0. The molecule has 0 spiro atoms. The van der Waals surface area contributed by atoms with Crippen molar-refractivity contribution in [2.75, 3.05) is 6.61 Å². The zero-order valence-corrected chi connectivity index (χ0v) is 33.7. The Labute approximate surface area is 306 Å². The van der Waals surface area contributed by atoms with Crippen molar-refractivity contribution in [1.29, 1.82) is 0 Å². The number of esters is 1. The third kappa shape index (κ3) is 5.31. The maximum Gasteiger partial charge on any atom is 0.337 e. The van der Waals surface area contributed by atoms with E-state index < -0.39 is 88.1 Å². The van der Waals surface area contributed by atoms with Crippen LogP contribution in [0.1, 0.15) is 61.3 Å². The molecule has 220 valence electrons. The van der Waals surface area contributed by atoms with Gasteiger partial charge in [0.15, 0.2) is 11.9 Å². The van der Waals surface area contributed by atoms with E-state index in [0.717, 1.165) is 0 Å². The standard InChI is InChI=1S/C27H41NO10.2Ac/c1-11-15(38-23(34)19(31)13(3)28-14(4)29)9-27(36)12(2)21-25(7,16(30)8-17-26(21,35)10-37-17)22(33)20(32)18(11)24(27,5)6;;/h12-13,15-17,19-21,30-32,35-36H,8-10H2,1-7H3,(H,28,29);;/t12-,13-,15-,16-,17+,19+,20+,21-,25+,26-,27+;;/m0../s1. The van der Waals surface area contributed by atoms with Crippen LogP contribution in [-0.2, 0) is 23.9 Å². The van der Waals surface area contributed by atoms with Crippen molar-refractivity contribution in [3.8, 4) is 0 Å². The number of fused-ring (bicyclic) bond motifs is 5. The Balaban J connectivity index is 0.00000280. The summed E-state index contributed by atoms with van der Waals surface area (Å²) in [4.78, 5) is 38.3. The van der Waals surface area contributed by atoms with Crippen molar-refractivity contribution in [3.63, 3.8) is 0 Å². The Morgan fingerprint density at radius 3 is 2.23 bits per heavy atom. The normalized spacial score (nSPS) is 43.1. The summed E-state index contributed by atoms with van der Waals surface area (Å²) in [5.41, 5.74) is -5.48. The number of ketones is 1. The van der Waals surface area contributed by atoms with Gasteiger partial charge in [-0.3, -0.25) is 9.59 Å². The van der Waals surface area contributed by atoms with E-state index >= 15 is 0 Å². The summed E-state index contributed by atoms with van der Waals surface area (Å²) in [7, 11) is 0. The van der Waals surface area contributed by atoms with E-state index in [4.69, 9.17) is 9.47 Å². The molecule has 4 aliphatic rings. The van der Waals surface area contributed by atoms with Gasteiger partial charge in [-0.25, -0.2) is 4.79 Å². The number of aliphatic hydroxyl groups is 5. The van der Waals surface area contributed by atoms with E-state index in [1.165, 1.54) is 20.8 Å². The summed E-state index contributed by atoms with van der Waals surface area (Å²) >= 11 is 0. The number of amides is 1. The van der Waals surface area contributed by atoms with Crippen molar-refractivity contribution < 1.29 is 138 Å². The molecule has 6 N–H and O–H groups in total. The summed E-state index contributed by atoms with van der Waals surface area (Å²) in [6.45, 7) is 10.8. The fraction of sp³-hybridized carbons (Fsp3) is 0.815. The molecule has 0 aromatic heterocycles. The van der Waals surface area contributed by atoms with Gasteiger partial charge in [0.2, 0.25) is 5.91 Å². The Morgan fingerprint density at radius 1 is 1.15 bits per heavy atom. The minimum Gasteiger partial charge on any atom is -0.456 e. The maximum atomic E-state index is 14.0. The van der Waals surface area contributed by atoms with Crippen LogP contribution in [0.4, 0.5) is 0 Å². The Kier molecular flexibility index (Phi) is 11.5. The fourth-order valence-corrected chi connectivity index (χ4v) is 7.93. The van der Waals surface area contributed by atoms with E-state index in [9.17, 15) is 39.9 Å². The predicted octanol–water partition coefficient (Wildman–Crippen LogP) is -0.642. The van der Waals surface area contributed by atoms with Gasteiger partial charge < -0.3 is 40.3 Å². The molecule has 0 unspecified atom stereocenters. The van der Waals surface area contributed by atoms with Crippen LogP contribution in [0.2, 0.25) is 0 Å². The number of rotatable bonds is 4. The minimum atomic E-state index is -1.75. The van der Waals surface area contributed by atoms with Crippen LogP contribution < -0.4 is 5.32 Å². The second-order valence-corrected chi connectivity index (χ2v) is 12.6. The molecule has 1 heterocycles. The first-order valence-corrected chi connectivity index (χ1v) is 13.2. The smallest absolute Gasteiger partial charge is 0.337 e. The van der Waals surface area contributed by atoms with Gasteiger partial charge in [-0.15, -0.1) is 0 Å². The van der Waals surface area contributed by atoms with Crippen LogP contribution in [0.15, 0.2) is 11.1 Å². The average molecular weight is 994 g/mol. The second-order valence-electron chi connectivity index (χ2n) is 12.6. The van der Waals surface area contributed by atoms with Gasteiger partial charge in [-0.2, -0.15) is 0 Å². The molecule has 1 amide bonds. The predicted molar refractivity (Wildman–Crippen MR) is 132 cm³/mol. The molecule has 3 aliphatic carbocycles. The largest absolute Gasteiger partial charge is 0.456 e. The number of hydrogen-bond donors (Lipinski definition) is 6. The first-order chi connectivity index (χ1) is 17.4. The fourth-order valence-electron chi connectivity index (χ4n) is 7.93. The Morgan fingerprint density at radius 2 is 1.73 bits per heavy atom. The summed E-state index contributed by atoms with van der Waals surface area (Å²) in [5.74, 6) is -3.96. The molecule has 1 saturated heterocycles. The van der Waals surface area contributed by atoms with Gasteiger partial charge in [0.05, 0.1) is 35.9 Å². The molecule has 40 heavy (non-hydrogen) atoms. The molecule has 2 saturated carbocycles. The second kappa shape index (κ2) is 12.4. The number of aliphatic hydroxyl groups excluding tert-OH is 3. The molecule has 2 radical (unpaired) electrons. The topological polar surface area (TPSA) is 183 Å². The quantitative estimate of drug-likeness (QED) is 0.157. The van der Waals surface area contributed by atoms with E-state index in [1.807, 2.05) is 0 Å². The van der Waals surface area contributed by atoms with Crippen LogP contribution in [0, 0.1) is 111 Å². The molecule has 2 bridgehead atoms. The summed E-state index contributed by atoms with van der Waals surface area (Å²) in [6, 6.07) is -0.943. The number of nitrogens with one attached hydrogen (secondary N) is 1. The maximum absolute atomic E-state index is 14.0. The van der Waals surface area contributed by atoms with Gasteiger partial charge in [0, 0.05) is 119 Å². The third-order valence-corrected chi connectivity index (χ3v) is 10.3. The number of hydrogen-bond acceptors (Lipinski definition) is 10.